The lowest BCUT2D eigenvalue weighted by Crippen LogP contribution is -2.26. The van der Waals surface area contributed by atoms with Crippen LogP contribution in [0.25, 0.3) is 11.3 Å². The predicted octanol–water partition coefficient (Wildman–Crippen LogP) is 1.32. The first-order valence-corrected chi connectivity index (χ1v) is 5.62. The highest BCUT2D eigenvalue weighted by Gasteiger charge is 2.01. The van der Waals surface area contributed by atoms with E-state index < -0.39 is 0 Å². The summed E-state index contributed by atoms with van der Waals surface area (Å²) in [6.45, 7) is 0.384. The van der Waals surface area contributed by atoms with Gasteiger partial charge in [-0.05, 0) is 0 Å². The SMILES string of the molecule is On1ncc(-c2ccccc2)nc1=NCCCl. The molecule has 0 radical (unpaired) electrons. The highest BCUT2D eigenvalue weighted by molar-refractivity contribution is 6.18. The molecule has 0 spiro atoms. The molecule has 0 unspecified atom stereocenters. The number of benzene rings is 1. The molecule has 2 aromatic rings. The molecule has 0 aliphatic carbocycles. The second-order valence-corrected chi connectivity index (χ2v) is 3.65. The van der Waals surface area contributed by atoms with Gasteiger partial charge in [-0.3, -0.25) is 0 Å². The zero-order chi connectivity index (χ0) is 12.1. The van der Waals surface area contributed by atoms with E-state index in [1.165, 1.54) is 6.20 Å². The third-order valence-electron chi connectivity index (χ3n) is 2.10. The minimum Gasteiger partial charge on any atom is -0.409 e. The fourth-order valence-corrected chi connectivity index (χ4v) is 1.42. The van der Waals surface area contributed by atoms with Crippen molar-refractivity contribution in [2.45, 2.75) is 0 Å². The Morgan fingerprint density at radius 3 is 2.76 bits per heavy atom. The second-order valence-electron chi connectivity index (χ2n) is 3.27. The van der Waals surface area contributed by atoms with Gasteiger partial charge in [0, 0.05) is 11.4 Å². The van der Waals surface area contributed by atoms with Gasteiger partial charge < -0.3 is 5.21 Å². The summed E-state index contributed by atoms with van der Waals surface area (Å²) >= 11 is 5.53. The lowest BCUT2D eigenvalue weighted by molar-refractivity contribution is 0.126. The van der Waals surface area contributed by atoms with Crippen LogP contribution in [-0.2, 0) is 0 Å². The molecule has 2 rings (SSSR count). The van der Waals surface area contributed by atoms with Crippen molar-refractivity contribution in [3.63, 3.8) is 0 Å². The molecule has 0 aliphatic heterocycles. The number of hydrogen-bond acceptors (Lipinski definition) is 4. The Kier molecular flexibility index (Phi) is 3.72. The van der Waals surface area contributed by atoms with Crippen molar-refractivity contribution in [2.75, 3.05) is 12.4 Å². The van der Waals surface area contributed by atoms with Crippen LogP contribution in [0.2, 0.25) is 0 Å². The number of aromatic nitrogens is 3. The Bertz CT molecular complexity index is 553. The first kappa shape index (κ1) is 11.6. The second kappa shape index (κ2) is 5.45. The lowest BCUT2D eigenvalue weighted by Gasteiger charge is -2.01. The number of nitrogens with zero attached hydrogens (tertiary/aromatic N) is 4. The van der Waals surface area contributed by atoms with E-state index in [1.807, 2.05) is 30.3 Å². The summed E-state index contributed by atoms with van der Waals surface area (Å²) in [5.41, 5.74) is 1.72. The zero-order valence-corrected chi connectivity index (χ0v) is 9.75. The number of alkyl halides is 1. The van der Waals surface area contributed by atoms with Crippen LogP contribution in [0, 0.1) is 0 Å². The van der Waals surface area contributed by atoms with Gasteiger partial charge in [-0.25, -0.2) is 9.98 Å². The fraction of sp³-hybridized carbons (Fsp3) is 0.182. The molecule has 0 saturated carbocycles. The van der Waals surface area contributed by atoms with Crippen molar-refractivity contribution in [2.24, 2.45) is 4.99 Å². The van der Waals surface area contributed by atoms with Crippen LogP contribution in [-0.4, -0.2) is 32.6 Å². The molecule has 1 heterocycles. The van der Waals surface area contributed by atoms with E-state index in [0.29, 0.717) is 23.0 Å². The molecular weight excluding hydrogens is 240 g/mol. The highest BCUT2D eigenvalue weighted by Crippen LogP contribution is 2.12. The largest absolute Gasteiger partial charge is 0.409 e. The third kappa shape index (κ3) is 2.82. The third-order valence-corrected chi connectivity index (χ3v) is 2.27. The maximum Gasteiger partial charge on any atom is 0.280 e. The molecule has 6 heteroatoms. The van der Waals surface area contributed by atoms with Crippen LogP contribution in [0.15, 0.2) is 41.5 Å². The first-order valence-electron chi connectivity index (χ1n) is 5.09. The van der Waals surface area contributed by atoms with Crippen LogP contribution >= 0.6 is 11.6 Å². The van der Waals surface area contributed by atoms with Crippen LogP contribution in [0.3, 0.4) is 0 Å². The number of hydrogen-bond donors (Lipinski definition) is 1. The summed E-state index contributed by atoms with van der Waals surface area (Å²) in [5, 5.41) is 13.2. The Labute approximate surface area is 103 Å². The average Bonchev–Trinajstić information content (AvgIpc) is 2.39. The molecular formula is C11H11ClN4O. The zero-order valence-electron chi connectivity index (χ0n) is 8.99. The molecule has 0 fully saturated rings. The van der Waals surface area contributed by atoms with Gasteiger partial charge in [0.1, 0.15) is 0 Å². The standard InChI is InChI=1S/C11H11ClN4O/c12-6-7-13-11-15-10(8-14-16(11)17)9-4-2-1-3-5-9/h1-5,8,17H,6-7H2. The summed E-state index contributed by atoms with van der Waals surface area (Å²) in [6, 6.07) is 9.57. The average molecular weight is 251 g/mol. The van der Waals surface area contributed by atoms with Crippen LogP contribution < -0.4 is 5.62 Å². The Balaban J connectivity index is 2.45. The Morgan fingerprint density at radius 1 is 1.29 bits per heavy atom. The molecule has 0 aliphatic rings. The van der Waals surface area contributed by atoms with Gasteiger partial charge in [-0.1, -0.05) is 35.2 Å². The minimum absolute atomic E-state index is 0.145. The first-order chi connectivity index (χ1) is 8.31. The lowest BCUT2D eigenvalue weighted by atomic mass is 10.2. The van der Waals surface area contributed by atoms with E-state index >= 15 is 0 Å². The molecule has 1 N–H and O–H groups in total. The van der Waals surface area contributed by atoms with Crippen molar-refractivity contribution in [3.05, 3.63) is 42.1 Å². The van der Waals surface area contributed by atoms with E-state index in [1.54, 1.807) is 0 Å². The van der Waals surface area contributed by atoms with E-state index in [-0.39, 0.29) is 5.62 Å². The molecule has 0 saturated heterocycles. The molecule has 17 heavy (non-hydrogen) atoms. The number of rotatable bonds is 3. The molecule has 1 aromatic carbocycles. The summed E-state index contributed by atoms with van der Waals surface area (Å²) in [6.07, 6.45) is 1.48. The van der Waals surface area contributed by atoms with E-state index in [9.17, 15) is 5.21 Å². The van der Waals surface area contributed by atoms with Crippen LogP contribution in [0.1, 0.15) is 0 Å². The van der Waals surface area contributed by atoms with Crippen molar-refractivity contribution in [1.29, 1.82) is 0 Å². The van der Waals surface area contributed by atoms with E-state index in [4.69, 9.17) is 11.6 Å². The normalized spacial score (nSPS) is 11.7. The van der Waals surface area contributed by atoms with Gasteiger partial charge in [0.25, 0.3) is 5.62 Å². The van der Waals surface area contributed by atoms with Crippen molar-refractivity contribution in [3.8, 4) is 11.3 Å². The van der Waals surface area contributed by atoms with Gasteiger partial charge in [0.15, 0.2) is 0 Å². The van der Waals surface area contributed by atoms with Gasteiger partial charge in [-0.15, -0.1) is 16.7 Å². The maximum absolute atomic E-state index is 9.41. The van der Waals surface area contributed by atoms with Crippen LogP contribution in [0.5, 0.6) is 0 Å². The van der Waals surface area contributed by atoms with Crippen LogP contribution in [0.4, 0.5) is 0 Å². The topological polar surface area (TPSA) is 63.3 Å². The number of halogens is 1. The van der Waals surface area contributed by atoms with Crippen molar-refractivity contribution < 1.29 is 5.21 Å². The highest BCUT2D eigenvalue weighted by atomic mass is 35.5. The molecule has 0 bridgehead atoms. The summed E-state index contributed by atoms with van der Waals surface area (Å²) < 4.78 is 0. The molecule has 1 aromatic heterocycles. The predicted molar refractivity (Wildman–Crippen MR) is 63.8 cm³/mol. The molecule has 5 nitrogen and oxygen atoms in total. The maximum atomic E-state index is 9.41. The van der Waals surface area contributed by atoms with Gasteiger partial charge in [0.2, 0.25) is 0 Å². The minimum atomic E-state index is 0.145. The Hall–Kier alpha value is -1.88. The van der Waals surface area contributed by atoms with Crippen molar-refractivity contribution >= 4 is 11.6 Å². The fourth-order valence-electron chi connectivity index (χ4n) is 1.33. The molecule has 88 valence electrons. The smallest absolute Gasteiger partial charge is 0.280 e. The van der Waals surface area contributed by atoms with Gasteiger partial charge in [-0.2, -0.15) is 0 Å². The molecule has 0 atom stereocenters. The van der Waals surface area contributed by atoms with E-state index in [2.05, 4.69) is 15.1 Å². The monoisotopic (exact) mass is 250 g/mol. The van der Waals surface area contributed by atoms with E-state index in [0.717, 1.165) is 5.56 Å². The Morgan fingerprint density at radius 2 is 2.06 bits per heavy atom. The van der Waals surface area contributed by atoms with Crippen molar-refractivity contribution in [1.82, 2.24) is 14.9 Å². The van der Waals surface area contributed by atoms with Gasteiger partial charge in [0.05, 0.1) is 18.4 Å². The quantitative estimate of drug-likeness (QED) is 0.660. The summed E-state index contributed by atoms with van der Waals surface area (Å²) in [7, 11) is 0. The summed E-state index contributed by atoms with van der Waals surface area (Å²) in [5.74, 6) is 0.372. The molecule has 0 amide bonds. The summed E-state index contributed by atoms with van der Waals surface area (Å²) in [4.78, 5) is 8.86. The van der Waals surface area contributed by atoms with Gasteiger partial charge >= 0.3 is 0 Å².